The number of hydrogen-bond acceptors (Lipinski definition) is 5. The summed E-state index contributed by atoms with van der Waals surface area (Å²) in [6, 6.07) is 20.3. The molecule has 0 aliphatic heterocycles. The maximum absolute atomic E-state index is 12.6. The highest BCUT2D eigenvalue weighted by Crippen LogP contribution is 2.25. The van der Waals surface area contributed by atoms with Crippen molar-refractivity contribution in [1.82, 2.24) is 9.62 Å². The molecule has 8 heteroatoms. The fourth-order valence-electron chi connectivity index (χ4n) is 2.94. The number of hydrogen-bond donors (Lipinski definition) is 1. The summed E-state index contributed by atoms with van der Waals surface area (Å²) in [5, 5.41) is 4.78. The van der Waals surface area contributed by atoms with Gasteiger partial charge in [-0.05, 0) is 42.0 Å². The number of carbonyl (C=O) groups excluding carboxylic acids is 1. The third-order valence-corrected chi connectivity index (χ3v) is 7.13. The highest BCUT2D eigenvalue weighted by atomic mass is 32.2. The van der Waals surface area contributed by atoms with Crippen molar-refractivity contribution in [2.75, 3.05) is 33.0 Å². The van der Waals surface area contributed by atoms with E-state index in [1.165, 1.54) is 18.8 Å². The number of rotatable bonds is 9. The maximum atomic E-state index is 12.6. The van der Waals surface area contributed by atoms with Crippen LogP contribution in [-0.2, 0) is 14.8 Å². The molecule has 0 aliphatic rings. The summed E-state index contributed by atoms with van der Waals surface area (Å²) in [5.41, 5.74) is 0. The predicted molar refractivity (Wildman–Crippen MR) is 120 cm³/mol. The Morgan fingerprint density at radius 1 is 1.03 bits per heavy atom. The van der Waals surface area contributed by atoms with Crippen LogP contribution in [0.5, 0.6) is 5.75 Å². The van der Waals surface area contributed by atoms with Crippen LogP contribution >= 0.6 is 11.8 Å². The minimum Gasteiger partial charge on any atom is -0.491 e. The molecule has 0 spiro atoms. The van der Waals surface area contributed by atoms with Gasteiger partial charge in [-0.25, -0.2) is 8.42 Å². The zero-order valence-corrected chi connectivity index (χ0v) is 18.5. The molecule has 0 saturated heterocycles. The predicted octanol–water partition coefficient (Wildman–Crippen LogP) is 3.38. The number of sulfonamides is 1. The first-order valence-electron chi connectivity index (χ1n) is 9.39. The molecule has 3 aromatic carbocycles. The minimum absolute atomic E-state index is 0.162. The van der Waals surface area contributed by atoms with E-state index in [0.717, 1.165) is 25.7 Å². The average molecular weight is 445 g/mol. The fourth-order valence-corrected chi connectivity index (χ4v) is 4.48. The zero-order chi connectivity index (χ0) is 21.6. The van der Waals surface area contributed by atoms with Crippen LogP contribution in [0.4, 0.5) is 0 Å². The van der Waals surface area contributed by atoms with E-state index in [2.05, 4.69) is 5.32 Å². The Morgan fingerprint density at radius 3 is 2.47 bits per heavy atom. The van der Waals surface area contributed by atoms with Crippen LogP contribution < -0.4 is 10.1 Å². The molecule has 0 aromatic heterocycles. The Balaban J connectivity index is 1.50. The summed E-state index contributed by atoms with van der Waals surface area (Å²) in [7, 11) is -2.33. The standard InChI is InChI=1S/C22H24N2O4S2/c1-24(30(26,27)19-12-10-18(29-2)11-13-19)16-22(25)23-14-15-28-21-9-5-7-17-6-3-4-8-20(17)21/h3-13H,14-16H2,1-2H3,(H,23,25). The van der Waals surface area contributed by atoms with E-state index in [1.807, 2.05) is 48.7 Å². The third kappa shape index (κ3) is 5.33. The molecule has 6 nitrogen and oxygen atoms in total. The third-order valence-electron chi connectivity index (χ3n) is 4.57. The molecule has 1 amide bonds. The first-order chi connectivity index (χ1) is 14.4. The Hall–Kier alpha value is -2.55. The van der Waals surface area contributed by atoms with E-state index in [-0.39, 0.29) is 30.5 Å². The van der Waals surface area contributed by atoms with E-state index < -0.39 is 10.0 Å². The number of amides is 1. The highest BCUT2D eigenvalue weighted by Gasteiger charge is 2.22. The molecule has 0 atom stereocenters. The molecule has 158 valence electrons. The summed E-state index contributed by atoms with van der Waals surface area (Å²) < 4.78 is 32.1. The average Bonchev–Trinajstić information content (AvgIpc) is 2.76. The van der Waals surface area contributed by atoms with Crippen molar-refractivity contribution in [3.63, 3.8) is 0 Å². The molecule has 0 radical (unpaired) electrons. The van der Waals surface area contributed by atoms with E-state index >= 15 is 0 Å². The number of benzene rings is 3. The van der Waals surface area contributed by atoms with Gasteiger partial charge < -0.3 is 10.1 Å². The van der Waals surface area contributed by atoms with Gasteiger partial charge in [0.25, 0.3) is 0 Å². The lowest BCUT2D eigenvalue weighted by Gasteiger charge is -2.17. The van der Waals surface area contributed by atoms with Gasteiger partial charge >= 0.3 is 0 Å². The van der Waals surface area contributed by atoms with Crippen molar-refractivity contribution in [2.45, 2.75) is 9.79 Å². The Morgan fingerprint density at radius 2 is 1.73 bits per heavy atom. The van der Waals surface area contributed by atoms with Gasteiger partial charge in [0, 0.05) is 17.3 Å². The number of fused-ring (bicyclic) bond motifs is 1. The highest BCUT2D eigenvalue weighted by molar-refractivity contribution is 7.98. The maximum Gasteiger partial charge on any atom is 0.243 e. The van der Waals surface area contributed by atoms with E-state index in [4.69, 9.17) is 4.74 Å². The van der Waals surface area contributed by atoms with Gasteiger partial charge in [0.2, 0.25) is 15.9 Å². The lowest BCUT2D eigenvalue weighted by Crippen LogP contribution is -2.39. The minimum atomic E-state index is -3.72. The van der Waals surface area contributed by atoms with Crippen molar-refractivity contribution in [1.29, 1.82) is 0 Å². The quantitative estimate of drug-likeness (QED) is 0.405. The number of likely N-dealkylation sites (N-methyl/N-ethyl adjacent to an activating group) is 1. The van der Waals surface area contributed by atoms with Crippen LogP contribution in [0, 0.1) is 0 Å². The molecule has 0 saturated carbocycles. The Kier molecular flexibility index (Phi) is 7.36. The van der Waals surface area contributed by atoms with E-state index in [1.54, 1.807) is 24.3 Å². The lowest BCUT2D eigenvalue weighted by molar-refractivity contribution is -0.121. The second-order valence-corrected chi connectivity index (χ2v) is 9.54. The van der Waals surface area contributed by atoms with Crippen molar-refractivity contribution in [3.05, 3.63) is 66.7 Å². The summed E-state index contributed by atoms with van der Waals surface area (Å²) in [5.74, 6) is 0.360. The molecule has 0 fully saturated rings. The normalized spacial score (nSPS) is 11.6. The van der Waals surface area contributed by atoms with Crippen LogP contribution in [0.2, 0.25) is 0 Å². The summed E-state index contributed by atoms with van der Waals surface area (Å²) in [6.07, 6.45) is 1.92. The lowest BCUT2D eigenvalue weighted by atomic mass is 10.1. The van der Waals surface area contributed by atoms with Crippen molar-refractivity contribution in [3.8, 4) is 5.75 Å². The van der Waals surface area contributed by atoms with Crippen molar-refractivity contribution >= 4 is 38.5 Å². The number of nitrogens with zero attached hydrogens (tertiary/aromatic N) is 1. The van der Waals surface area contributed by atoms with Crippen LogP contribution in [0.1, 0.15) is 0 Å². The molecule has 0 aliphatic carbocycles. The summed E-state index contributed by atoms with van der Waals surface area (Å²) in [4.78, 5) is 13.3. The first-order valence-corrected chi connectivity index (χ1v) is 12.1. The van der Waals surface area contributed by atoms with Gasteiger partial charge in [0.1, 0.15) is 12.4 Å². The van der Waals surface area contributed by atoms with Gasteiger partial charge in [-0.3, -0.25) is 4.79 Å². The second kappa shape index (κ2) is 9.97. The molecule has 30 heavy (non-hydrogen) atoms. The number of thioether (sulfide) groups is 1. The monoisotopic (exact) mass is 444 g/mol. The van der Waals surface area contributed by atoms with Gasteiger partial charge in [-0.2, -0.15) is 4.31 Å². The van der Waals surface area contributed by atoms with Crippen LogP contribution in [-0.4, -0.2) is 51.6 Å². The molecule has 1 N–H and O–H groups in total. The number of nitrogens with one attached hydrogen (secondary N) is 1. The largest absolute Gasteiger partial charge is 0.491 e. The van der Waals surface area contributed by atoms with Crippen molar-refractivity contribution in [2.24, 2.45) is 0 Å². The van der Waals surface area contributed by atoms with Crippen LogP contribution in [0.25, 0.3) is 10.8 Å². The molecule has 3 aromatic rings. The number of ether oxygens (including phenoxy) is 1. The molecular formula is C22H24N2O4S2. The zero-order valence-electron chi connectivity index (χ0n) is 16.9. The van der Waals surface area contributed by atoms with Crippen LogP contribution in [0.3, 0.4) is 0 Å². The van der Waals surface area contributed by atoms with Crippen molar-refractivity contribution < 1.29 is 17.9 Å². The SMILES string of the molecule is CSc1ccc(S(=O)(=O)N(C)CC(=O)NCCOc2cccc3ccccc23)cc1. The fraction of sp³-hybridized carbons (Fsp3) is 0.227. The molecule has 3 rings (SSSR count). The molecule has 0 heterocycles. The van der Waals surface area contributed by atoms with Crippen LogP contribution in [0.15, 0.2) is 76.5 Å². The van der Waals surface area contributed by atoms with E-state index in [9.17, 15) is 13.2 Å². The molecular weight excluding hydrogens is 420 g/mol. The first kappa shape index (κ1) is 22.1. The topological polar surface area (TPSA) is 75.7 Å². The Labute approximate surface area is 181 Å². The van der Waals surface area contributed by atoms with E-state index in [0.29, 0.717) is 0 Å². The van der Waals surface area contributed by atoms with Gasteiger partial charge in [0.05, 0.1) is 18.0 Å². The Bertz CT molecular complexity index is 1110. The summed E-state index contributed by atoms with van der Waals surface area (Å²) >= 11 is 1.53. The smallest absolute Gasteiger partial charge is 0.243 e. The van der Waals surface area contributed by atoms with Gasteiger partial charge in [-0.1, -0.05) is 36.4 Å². The van der Waals surface area contributed by atoms with Gasteiger partial charge in [-0.15, -0.1) is 11.8 Å². The summed E-state index contributed by atoms with van der Waals surface area (Å²) in [6.45, 7) is 0.297. The number of carbonyl (C=O) groups is 1. The molecule has 0 unspecified atom stereocenters. The van der Waals surface area contributed by atoms with Gasteiger partial charge in [0.15, 0.2) is 0 Å². The second-order valence-electron chi connectivity index (χ2n) is 6.61. The molecule has 0 bridgehead atoms.